The lowest BCUT2D eigenvalue weighted by Crippen LogP contribution is -2.33. The number of aliphatic hydroxyl groups excluding tert-OH is 1. The first kappa shape index (κ1) is 12.1. The number of hydrogen-bond donors (Lipinski definition) is 3. The van der Waals surface area contributed by atoms with Crippen molar-refractivity contribution in [1.29, 1.82) is 0 Å². The van der Waals surface area contributed by atoms with Crippen LogP contribution in [-0.4, -0.2) is 23.7 Å². The Morgan fingerprint density at radius 2 is 2.24 bits per heavy atom. The highest BCUT2D eigenvalue weighted by Gasteiger charge is 2.31. The lowest BCUT2D eigenvalue weighted by molar-refractivity contribution is -0.122. The van der Waals surface area contributed by atoms with E-state index in [2.05, 4.69) is 5.32 Å². The molecule has 0 radical (unpaired) electrons. The minimum absolute atomic E-state index is 0.0452. The van der Waals surface area contributed by atoms with E-state index in [1.54, 1.807) is 0 Å². The third-order valence-electron chi connectivity index (χ3n) is 3.13. The Labute approximate surface area is 101 Å². The largest absolute Gasteiger partial charge is 0.390 e. The highest BCUT2D eigenvalue weighted by atomic mass is 16.3. The number of hydrogen-bond acceptors (Lipinski definition) is 3. The van der Waals surface area contributed by atoms with E-state index in [1.165, 1.54) is 0 Å². The highest BCUT2D eigenvalue weighted by Crippen LogP contribution is 2.31. The van der Waals surface area contributed by atoms with Crippen molar-refractivity contribution < 1.29 is 9.90 Å². The highest BCUT2D eigenvalue weighted by molar-refractivity contribution is 5.76. The molecule has 0 spiro atoms. The van der Waals surface area contributed by atoms with Crippen molar-refractivity contribution in [3.63, 3.8) is 0 Å². The molecule has 2 atom stereocenters. The molecule has 0 heterocycles. The summed E-state index contributed by atoms with van der Waals surface area (Å²) in [6, 6.07) is 7.56. The smallest absolute Gasteiger partial charge is 0.220 e. The van der Waals surface area contributed by atoms with E-state index in [9.17, 15) is 9.90 Å². The summed E-state index contributed by atoms with van der Waals surface area (Å²) in [5, 5.41) is 12.8. The second-order valence-electron chi connectivity index (χ2n) is 4.41. The van der Waals surface area contributed by atoms with E-state index < -0.39 is 6.10 Å². The van der Waals surface area contributed by atoms with Gasteiger partial charge in [-0.2, -0.15) is 0 Å². The van der Waals surface area contributed by atoms with Gasteiger partial charge < -0.3 is 16.2 Å². The normalized spacial score (nSPS) is 22.2. The number of fused-ring (bicyclic) bond motifs is 1. The molecule has 0 saturated carbocycles. The van der Waals surface area contributed by atoms with Gasteiger partial charge >= 0.3 is 0 Å². The van der Waals surface area contributed by atoms with Gasteiger partial charge in [0.2, 0.25) is 5.91 Å². The van der Waals surface area contributed by atoms with Crippen molar-refractivity contribution in [2.75, 3.05) is 6.54 Å². The molecule has 0 bridgehead atoms. The van der Waals surface area contributed by atoms with Gasteiger partial charge in [0, 0.05) is 12.8 Å². The minimum atomic E-state index is -0.519. The lowest BCUT2D eigenvalue weighted by atomic mass is 10.1. The van der Waals surface area contributed by atoms with Crippen LogP contribution < -0.4 is 11.1 Å². The van der Waals surface area contributed by atoms with Crippen molar-refractivity contribution in [3.05, 3.63) is 35.4 Å². The van der Waals surface area contributed by atoms with Crippen molar-refractivity contribution in [2.45, 2.75) is 31.4 Å². The molecule has 0 aromatic heterocycles. The molecule has 17 heavy (non-hydrogen) atoms. The predicted octanol–water partition coefficient (Wildman–Crippen LogP) is 0.500. The molecule has 1 aliphatic carbocycles. The summed E-state index contributed by atoms with van der Waals surface area (Å²) in [7, 11) is 0. The van der Waals surface area contributed by atoms with Gasteiger partial charge in [0.15, 0.2) is 0 Å². The fraction of sp³-hybridized carbons (Fsp3) is 0.462. The molecule has 1 aromatic rings. The van der Waals surface area contributed by atoms with Gasteiger partial charge in [-0.1, -0.05) is 24.3 Å². The van der Waals surface area contributed by atoms with Crippen LogP contribution in [0.4, 0.5) is 0 Å². The van der Waals surface area contributed by atoms with Gasteiger partial charge in [0.25, 0.3) is 0 Å². The Balaban J connectivity index is 2.04. The summed E-state index contributed by atoms with van der Waals surface area (Å²) < 4.78 is 0. The third kappa shape index (κ3) is 2.65. The number of amides is 1. The SMILES string of the molecule is NCCCC(=O)N[C@@H]1c2ccccc2C[C@@H]1O. The fourth-order valence-electron chi connectivity index (χ4n) is 2.26. The maximum Gasteiger partial charge on any atom is 0.220 e. The molecule has 4 nitrogen and oxygen atoms in total. The zero-order chi connectivity index (χ0) is 12.3. The van der Waals surface area contributed by atoms with Crippen LogP contribution in [0.5, 0.6) is 0 Å². The first-order chi connectivity index (χ1) is 8.22. The minimum Gasteiger partial charge on any atom is -0.390 e. The van der Waals surface area contributed by atoms with Crippen LogP contribution in [0.2, 0.25) is 0 Å². The summed E-state index contributed by atoms with van der Waals surface area (Å²) in [6.07, 6.45) is 1.19. The molecule has 2 rings (SSSR count). The zero-order valence-corrected chi connectivity index (χ0v) is 9.73. The standard InChI is InChI=1S/C13H18N2O2/c14-7-3-6-12(17)15-13-10-5-2-1-4-9(10)8-11(13)16/h1-2,4-5,11,13,16H,3,6-8,14H2,(H,15,17)/t11-,13+/m0/s1. The number of rotatable bonds is 4. The molecular weight excluding hydrogens is 216 g/mol. The molecule has 4 heteroatoms. The van der Waals surface area contributed by atoms with E-state index in [1.807, 2.05) is 24.3 Å². The number of benzene rings is 1. The van der Waals surface area contributed by atoms with Crippen LogP contribution in [0.15, 0.2) is 24.3 Å². The summed E-state index contributed by atoms with van der Waals surface area (Å²) in [4.78, 5) is 11.6. The topological polar surface area (TPSA) is 75.4 Å². The van der Waals surface area contributed by atoms with Crippen molar-refractivity contribution in [1.82, 2.24) is 5.32 Å². The first-order valence-corrected chi connectivity index (χ1v) is 5.97. The van der Waals surface area contributed by atoms with Crippen LogP contribution in [0.25, 0.3) is 0 Å². The average molecular weight is 234 g/mol. The molecule has 0 aliphatic heterocycles. The summed E-state index contributed by atoms with van der Waals surface area (Å²) >= 11 is 0. The van der Waals surface area contributed by atoms with E-state index in [0.29, 0.717) is 25.8 Å². The summed E-state index contributed by atoms with van der Waals surface area (Å²) in [5.41, 5.74) is 7.50. The van der Waals surface area contributed by atoms with E-state index in [0.717, 1.165) is 11.1 Å². The van der Waals surface area contributed by atoms with Crippen LogP contribution in [0, 0.1) is 0 Å². The molecule has 1 aromatic carbocycles. The summed E-state index contributed by atoms with van der Waals surface area (Å²) in [5.74, 6) is -0.0452. The molecule has 92 valence electrons. The van der Waals surface area contributed by atoms with Crippen LogP contribution in [0.3, 0.4) is 0 Å². The van der Waals surface area contributed by atoms with Crippen molar-refractivity contribution in [3.8, 4) is 0 Å². The molecule has 1 amide bonds. The van der Waals surface area contributed by atoms with Crippen LogP contribution in [0.1, 0.15) is 30.0 Å². The number of nitrogens with two attached hydrogens (primary N) is 1. The monoisotopic (exact) mass is 234 g/mol. The van der Waals surface area contributed by atoms with Gasteiger partial charge in [0.1, 0.15) is 0 Å². The lowest BCUT2D eigenvalue weighted by Gasteiger charge is -2.17. The molecule has 0 fully saturated rings. The molecule has 1 aliphatic rings. The third-order valence-corrected chi connectivity index (χ3v) is 3.13. The number of nitrogens with one attached hydrogen (secondary N) is 1. The maximum atomic E-state index is 11.6. The Kier molecular flexibility index (Phi) is 3.76. The van der Waals surface area contributed by atoms with Gasteiger partial charge in [-0.25, -0.2) is 0 Å². The Morgan fingerprint density at radius 3 is 3.00 bits per heavy atom. The zero-order valence-electron chi connectivity index (χ0n) is 9.73. The molecular formula is C13H18N2O2. The van der Waals surface area contributed by atoms with Gasteiger partial charge in [-0.3, -0.25) is 4.79 Å². The second kappa shape index (κ2) is 5.29. The van der Waals surface area contributed by atoms with Gasteiger partial charge in [0.05, 0.1) is 12.1 Å². The molecule has 4 N–H and O–H groups in total. The van der Waals surface area contributed by atoms with Crippen LogP contribution >= 0.6 is 0 Å². The Bertz CT molecular complexity index is 406. The van der Waals surface area contributed by atoms with Gasteiger partial charge in [-0.15, -0.1) is 0 Å². The summed E-state index contributed by atoms with van der Waals surface area (Å²) in [6.45, 7) is 0.511. The number of carbonyl (C=O) groups excluding carboxylic acids is 1. The fourth-order valence-corrected chi connectivity index (χ4v) is 2.26. The Hall–Kier alpha value is -1.39. The van der Waals surface area contributed by atoms with Gasteiger partial charge in [-0.05, 0) is 24.1 Å². The first-order valence-electron chi connectivity index (χ1n) is 5.97. The number of aliphatic hydroxyl groups is 1. The molecule has 0 saturated heterocycles. The van der Waals surface area contributed by atoms with E-state index in [-0.39, 0.29) is 11.9 Å². The molecule has 0 unspecified atom stereocenters. The van der Waals surface area contributed by atoms with E-state index in [4.69, 9.17) is 5.73 Å². The van der Waals surface area contributed by atoms with Crippen molar-refractivity contribution >= 4 is 5.91 Å². The average Bonchev–Trinajstić information content (AvgIpc) is 2.64. The maximum absolute atomic E-state index is 11.6. The van der Waals surface area contributed by atoms with Crippen molar-refractivity contribution in [2.24, 2.45) is 5.73 Å². The Morgan fingerprint density at radius 1 is 1.47 bits per heavy atom. The second-order valence-corrected chi connectivity index (χ2v) is 4.41. The quantitative estimate of drug-likeness (QED) is 0.710. The number of carbonyl (C=O) groups is 1. The van der Waals surface area contributed by atoms with E-state index >= 15 is 0 Å². The predicted molar refractivity (Wildman–Crippen MR) is 65.3 cm³/mol. The van der Waals surface area contributed by atoms with Crippen LogP contribution in [-0.2, 0) is 11.2 Å².